The van der Waals surface area contributed by atoms with Gasteiger partial charge in [0.25, 0.3) is 5.91 Å². The van der Waals surface area contributed by atoms with Gasteiger partial charge >= 0.3 is 0 Å². The molecule has 5 nitrogen and oxygen atoms in total. The van der Waals surface area contributed by atoms with Crippen LogP contribution in [0, 0.1) is 6.92 Å². The highest BCUT2D eigenvalue weighted by atomic mass is 32.1. The first-order valence-electron chi connectivity index (χ1n) is 6.46. The fraction of sp³-hybridized carbons (Fsp3) is 0.133. The van der Waals surface area contributed by atoms with E-state index in [0.29, 0.717) is 17.1 Å². The Hall–Kier alpha value is -2.47. The van der Waals surface area contributed by atoms with Crippen molar-refractivity contribution in [3.63, 3.8) is 0 Å². The summed E-state index contributed by atoms with van der Waals surface area (Å²) in [5, 5.41) is 3.76. The molecule has 3 rings (SSSR count). The average molecular weight is 298 g/mol. The van der Waals surface area contributed by atoms with Crippen molar-refractivity contribution in [3.8, 4) is 0 Å². The largest absolute Gasteiger partial charge is 0.397 e. The molecule has 0 saturated carbocycles. The second-order valence-electron chi connectivity index (χ2n) is 4.70. The molecule has 0 bridgehead atoms. The van der Waals surface area contributed by atoms with Gasteiger partial charge in [-0.2, -0.15) is 0 Å². The number of pyridine rings is 2. The van der Waals surface area contributed by atoms with Crippen LogP contribution in [0.25, 0.3) is 10.1 Å². The van der Waals surface area contributed by atoms with E-state index in [1.54, 1.807) is 24.8 Å². The number of fused-ring (bicyclic) bond motifs is 1. The Morgan fingerprint density at radius 2 is 2.05 bits per heavy atom. The van der Waals surface area contributed by atoms with Crippen LogP contribution in [0.3, 0.4) is 0 Å². The van der Waals surface area contributed by atoms with Gasteiger partial charge in [0.05, 0.1) is 10.4 Å². The van der Waals surface area contributed by atoms with Crippen LogP contribution in [0.4, 0.5) is 5.69 Å². The van der Waals surface area contributed by atoms with Crippen LogP contribution in [0.15, 0.2) is 36.9 Å². The van der Waals surface area contributed by atoms with E-state index in [4.69, 9.17) is 5.73 Å². The van der Waals surface area contributed by atoms with Crippen LogP contribution in [-0.2, 0) is 6.54 Å². The number of rotatable bonds is 3. The molecule has 0 saturated heterocycles. The summed E-state index contributed by atoms with van der Waals surface area (Å²) in [6.07, 6.45) is 6.88. The maximum Gasteiger partial charge on any atom is 0.263 e. The molecule has 0 radical (unpaired) electrons. The van der Waals surface area contributed by atoms with E-state index in [9.17, 15) is 4.79 Å². The normalized spacial score (nSPS) is 10.7. The lowest BCUT2D eigenvalue weighted by Gasteiger charge is -2.06. The van der Waals surface area contributed by atoms with E-state index in [-0.39, 0.29) is 5.91 Å². The van der Waals surface area contributed by atoms with E-state index in [0.717, 1.165) is 21.2 Å². The van der Waals surface area contributed by atoms with E-state index < -0.39 is 0 Å². The number of hydrogen-bond donors (Lipinski definition) is 2. The first-order valence-corrected chi connectivity index (χ1v) is 7.28. The molecule has 0 atom stereocenters. The maximum absolute atomic E-state index is 12.3. The topological polar surface area (TPSA) is 80.9 Å². The lowest BCUT2D eigenvalue weighted by Crippen LogP contribution is -2.23. The summed E-state index contributed by atoms with van der Waals surface area (Å²) in [7, 11) is 0. The number of nitrogens with zero attached hydrogens (tertiary/aromatic N) is 2. The van der Waals surface area contributed by atoms with E-state index >= 15 is 0 Å². The Labute approximate surface area is 125 Å². The first kappa shape index (κ1) is 13.5. The van der Waals surface area contributed by atoms with Gasteiger partial charge < -0.3 is 11.1 Å². The Kier molecular flexibility index (Phi) is 3.53. The standard InChI is InChI=1S/C15H14N4OS/c1-9-2-4-17-6-10(9)7-19-15(20)14-13(16)11-3-5-18-8-12(11)21-14/h2-6,8H,7,16H2,1H3,(H,19,20). The number of nitrogens with two attached hydrogens (primary N) is 1. The quantitative estimate of drug-likeness (QED) is 0.778. The van der Waals surface area contributed by atoms with Gasteiger partial charge in [-0.3, -0.25) is 14.8 Å². The summed E-state index contributed by atoms with van der Waals surface area (Å²) in [6.45, 7) is 2.42. The maximum atomic E-state index is 12.3. The monoisotopic (exact) mass is 298 g/mol. The van der Waals surface area contributed by atoms with Crippen molar-refractivity contribution < 1.29 is 4.79 Å². The number of amides is 1. The fourth-order valence-electron chi connectivity index (χ4n) is 2.08. The number of carbonyl (C=O) groups is 1. The molecule has 3 aromatic heterocycles. The van der Waals surface area contributed by atoms with Crippen LogP contribution in [0.5, 0.6) is 0 Å². The third-order valence-corrected chi connectivity index (χ3v) is 4.48. The van der Waals surface area contributed by atoms with Crippen LogP contribution < -0.4 is 11.1 Å². The van der Waals surface area contributed by atoms with Gasteiger partial charge in [-0.1, -0.05) is 0 Å². The summed E-state index contributed by atoms with van der Waals surface area (Å²) < 4.78 is 0.915. The summed E-state index contributed by atoms with van der Waals surface area (Å²) in [6, 6.07) is 3.74. The number of nitrogen functional groups attached to an aromatic ring is 1. The van der Waals surface area contributed by atoms with Gasteiger partial charge in [0.2, 0.25) is 0 Å². The molecule has 21 heavy (non-hydrogen) atoms. The third kappa shape index (κ3) is 2.57. The molecule has 3 aromatic rings. The number of anilines is 1. The predicted molar refractivity (Wildman–Crippen MR) is 84.2 cm³/mol. The SMILES string of the molecule is Cc1ccncc1CNC(=O)c1sc2cnccc2c1N. The lowest BCUT2D eigenvalue weighted by molar-refractivity contribution is 0.0956. The summed E-state index contributed by atoms with van der Waals surface area (Å²) in [5.41, 5.74) is 8.65. The number of nitrogens with one attached hydrogen (secondary N) is 1. The zero-order valence-electron chi connectivity index (χ0n) is 11.5. The fourth-order valence-corrected chi connectivity index (χ4v) is 3.08. The summed E-state index contributed by atoms with van der Waals surface area (Å²) in [5.74, 6) is -0.169. The van der Waals surface area contributed by atoms with Crippen LogP contribution in [0.2, 0.25) is 0 Å². The molecule has 3 heterocycles. The highest BCUT2D eigenvalue weighted by Crippen LogP contribution is 2.32. The molecule has 6 heteroatoms. The molecule has 0 aliphatic heterocycles. The number of aryl methyl sites for hydroxylation is 1. The van der Waals surface area contributed by atoms with Gasteiger partial charge in [-0.05, 0) is 30.2 Å². The second-order valence-corrected chi connectivity index (χ2v) is 5.75. The number of hydrogen-bond acceptors (Lipinski definition) is 5. The predicted octanol–water partition coefficient (Wildman–Crippen LogP) is 2.51. The van der Waals surface area contributed by atoms with Crippen molar-refractivity contribution in [1.82, 2.24) is 15.3 Å². The Bertz CT molecular complexity index is 812. The zero-order valence-corrected chi connectivity index (χ0v) is 12.3. The van der Waals surface area contributed by atoms with Gasteiger partial charge in [0, 0.05) is 36.7 Å². The first-order chi connectivity index (χ1) is 10.2. The molecule has 3 N–H and O–H groups in total. The van der Waals surface area contributed by atoms with Gasteiger partial charge in [-0.25, -0.2) is 0 Å². The molecule has 106 valence electrons. The van der Waals surface area contributed by atoms with Gasteiger partial charge in [0.15, 0.2) is 0 Å². The Morgan fingerprint density at radius 1 is 1.29 bits per heavy atom. The van der Waals surface area contributed by atoms with Gasteiger partial charge in [-0.15, -0.1) is 11.3 Å². The highest BCUT2D eigenvalue weighted by Gasteiger charge is 2.16. The molecule has 0 unspecified atom stereocenters. The van der Waals surface area contributed by atoms with Crippen LogP contribution in [-0.4, -0.2) is 15.9 Å². The van der Waals surface area contributed by atoms with Crippen LogP contribution >= 0.6 is 11.3 Å². The Morgan fingerprint density at radius 3 is 2.81 bits per heavy atom. The molecule has 0 spiro atoms. The number of aromatic nitrogens is 2. The molecule has 0 fully saturated rings. The molecular formula is C15H14N4OS. The van der Waals surface area contributed by atoms with E-state index in [1.165, 1.54) is 11.3 Å². The average Bonchev–Trinajstić information content (AvgIpc) is 2.84. The smallest absolute Gasteiger partial charge is 0.263 e. The number of thiophene rings is 1. The minimum atomic E-state index is -0.169. The van der Waals surface area contributed by atoms with Crippen molar-refractivity contribution in [2.24, 2.45) is 0 Å². The summed E-state index contributed by atoms with van der Waals surface area (Å²) in [4.78, 5) is 20.9. The van der Waals surface area contributed by atoms with Crippen LogP contribution in [0.1, 0.15) is 20.8 Å². The molecule has 0 aliphatic carbocycles. The van der Waals surface area contributed by atoms with Crippen molar-refractivity contribution >= 4 is 33.0 Å². The van der Waals surface area contributed by atoms with Crippen molar-refractivity contribution in [1.29, 1.82) is 0 Å². The van der Waals surface area contributed by atoms with Crippen molar-refractivity contribution in [2.75, 3.05) is 5.73 Å². The Balaban J connectivity index is 1.81. The van der Waals surface area contributed by atoms with Crippen molar-refractivity contribution in [2.45, 2.75) is 13.5 Å². The minimum absolute atomic E-state index is 0.169. The molecular weight excluding hydrogens is 284 g/mol. The van der Waals surface area contributed by atoms with E-state index in [1.807, 2.05) is 19.1 Å². The number of carbonyl (C=O) groups excluding carboxylic acids is 1. The lowest BCUT2D eigenvalue weighted by atomic mass is 10.1. The minimum Gasteiger partial charge on any atom is -0.397 e. The van der Waals surface area contributed by atoms with E-state index in [2.05, 4.69) is 15.3 Å². The zero-order chi connectivity index (χ0) is 14.8. The summed E-state index contributed by atoms with van der Waals surface area (Å²) >= 11 is 1.36. The van der Waals surface area contributed by atoms with Gasteiger partial charge in [0.1, 0.15) is 4.88 Å². The molecule has 0 aliphatic rings. The highest BCUT2D eigenvalue weighted by molar-refractivity contribution is 7.21. The second kappa shape index (κ2) is 5.49. The van der Waals surface area contributed by atoms with Crippen molar-refractivity contribution in [3.05, 3.63) is 52.9 Å². The third-order valence-electron chi connectivity index (χ3n) is 3.32. The molecule has 0 aromatic carbocycles. The molecule has 1 amide bonds.